The van der Waals surface area contributed by atoms with Crippen LogP contribution in [0.2, 0.25) is 0 Å². The van der Waals surface area contributed by atoms with Crippen molar-refractivity contribution in [1.82, 2.24) is 4.57 Å². The van der Waals surface area contributed by atoms with Crippen LogP contribution in [0.3, 0.4) is 0 Å². The lowest BCUT2D eigenvalue weighted by Crippen LogP contribution is -2.05. The summed E-state index contributed by atoms with van der Waals surface area (Å²) in [4.78, 5) is 10.8. The van der Waals surface area contributed by atoms with E-state index < -0.39 is 5.97 Å². The lowest BCUT2D eigenvalue weighted by molar-refractivity contribution is 0.0682. The summed E-state index contributed by atoms with van der Waals surface area (Å²) in [5, 5.41) is 8.83. The van der Waals surface area contributed by atoms with Gasteiger partial charge in [0.05, 0.1) is 20.4 Å². The number of carbonyl (C=O) groups is 1. The predicted molar refractivity (Wildman–Crippen MR) is 45.5 cm³/mol. The summed E-state index contributed by atoms with van der Waals surface area (Å²) in [5.74, 6) is -0.373. The SMILES string of the molecule is COc1cn(C)c(C(=O)O)c1OC. The van der Waals surface area contributed by atoms with Gasteiger partial charge in [-0.25, -0.2) is 4.79 Å². The quantitative estimate of drug-likeness (QED) is 0.754. The van der Waals surface area contributed by atoms with Gasteiger partial charge in [0.15, 0.2) is 17.2 Å². The largest absolute Gasteiger partial charge is 0.491 e. The van der Waals surface area contributed by atoms with Gasteiger partial charge in [-0.1, -0.05) is 0 Å². The summed E-state index contributed by atoms with van der Waals surface area (Å²) in [6.45, 7) is 0. The Morgan fingerprint density at radius 3 is 2.46 bits per heavy atom. The van der Waals surface area contributed by atoms with Crippen LogP contribution in [0.4, 0.5) is 0 Å². The van der Waals surface area contributed by atoms with Crippen molar-refractivity contribution in [3.63, 3.8) is 0 Å². The fraction of sp³-hybridized carbons (Fsp3) is 0.375. The first kappa shape index (κ1) is 9.44. The molecule has 0 aliphatic heterocycles. The number of methoxy groups -OCH3 is 2. The molecule has 0 fully saturated rings. The second kappa shape index (κ2) is 3.38. The highest BCUT2D eigenvalue weighted by Crippen LogP contribution is 2.32. The first-order valence-corrected chi connectivity index (χ1v) is 3.62. The first-order valence-electron chi connectivity index (χ1n) is 3.62. The maximum Gasteiger partial charge on any atom is 0.356 e. The summed E-state index contributed by atoms with van der Waals surface area (Å²) in [5.41, 5.74) is 0.0827. The highest BCUT2D eigenvalue weighted by molar-refractivity contribution is 5.90. The van der Waals surface area contributed by atoms with Gasteiger partial charge in [-0.3, -0.25) is 0 Å². The van der Waals surface area contributed by atoms with Gasteiger partial charge in [0.2, 0.25) is 0 Å². The van der Waals surface area contributed by atoms with Gasteiger partial charge in [0.1, 0.15) is 0 Å². The molecule has 72 valence electrons. The zero-order chi connectivity index (χ0) is 10.0. The van der Waals surface area contributed by atoms with Gasteiger partial charge >= 0.3 is 5.97 Å². The van der Waals surface area contributed by atoms with Crippen molar-refractivity contribution in [2.45, 2.75) is 0 Å². The molecule has 0 spiro atoms. The highest BCUT2D eigenvalue weighted by Gasteiger charge is 2.20. The van der Waals surface area contributed by atoms with Crippen LogP contribution < -0.4 is 9.47 Å². The van der Waals surface area contributed by atoms with Crippen molar-refractivity contribution < 1.29 is 19.4 Å². The van der Waals surface area contributed by atoms with Gasteiger partial charge in [0.25, 0.3) is 0 Å². The summed E-state index contributed by atoms with van der Waals surface area (Å²) in [7, 11) is 4.49. The van der Waals surface area contributed by atoms with Crippen LogP contribution in [0, 0.1) is 0 Å². The van der Waals surface area contributed by atoms with E-state index in [4.69, 9.17) is 14.6 Å². The number of aryl methyl sites for hydroxylation is 1. The zero-order valence-electron chi connectivity index (χ0n) is 7.70. The van der Waals surface area contributed by atoms with Crippen LogP contribution in [0.15, 0.2) is 6.20 Å². The van der Waals surface area contributed by atoms with Crippen LogP contribution in [0.5, 0.6) is 11.5 Å². The molecule has 5 nitrogen and oxygen atoms in total. The van der Waals surface area contributed by atoms with E-state index in [1.165, 1.54) is 18.8 Å². The molecule has 0 saturated heterocycles. The molecule has 1 rings (SSSR count). The van der Waals surface area contributed by atoms with Crippen molar-refractivity contribution in [3.8, 4) is 11.5 Å². The molecule has 0 aromatic carbocycles. The maximum absolute atomic E-state index is 10.8. The van der Waals surface area contributed by atoms with E-state index >= 15 is 0 Å². The Balaban J connectivity index is 3.31. The van der Waals surface area contributed by atoms with E-state index in [9.17, 15) is 4.79 Å². The van der Waals surface area contributed by atoms with E-state index in [1.54, 1.807) is 13.2 Å². The Morgan fingerprint density at radius 1 is 1.46 bits per heavy atom. The van der Waals surface area contributed by atoms with Crippen LogP contribution in [-0.2, 0) is 7.05 Å². The molecule has 0 atom stereocenters. The molecule has 0 bridgehead atoms. The smallest absolute Gasteiger partial charge is 0.356 e. The predicted octanol–water partition coefficient (Wildman–Crippen LogP) is 0.740. The molecule has 1 aromatic rings. The first-order chi connectivity index (χ1) is 6.11. The molecular formula is C8H11NO4. The summed E-state index contributed by atoms with van der Waals surface area (Å²) < 4.78 is 11.3. The van der Waals surface area contributed by atoms with Crippen molar-refractivity contribution in [2.24, 2.45) is 7.05 Å². The van der Waals surface area contributed by atoms with E-state index in [2.05, 4.69) is 0 Å². The van der Waals surface area contributed by atoms with E-state index in [-0.39, 0.29) is 11.4 Å². The third-order valence-electron chi connectivity index (χ3n) is 1.73. The Hall–Kier alpha value is -1.65. The van der Waals surface area contributed by atoms with Gasteiger partial charge in [-0.05, 0) is 0 Å². The molecule has 0 aliphatic carbocycles. The molecule has 0 saturated carbocycles. The molecule has 1 N–H and O–H groups in total. The number of ether oxygens (including phenoxy) is 2. The molecule has 0 amide bonds. The van der Waals surface area contributed by atoms with Crippen LogP contribution in [0.1, 0.15) is 10.5 Å². The number of carboxylic acid groups (broad SMARTS) is 1. The molecule has 0 radical (unpaired) electrons. The van der Waals surface area contributed by atoms with Crippen LogP contribution in [0.25, 0.3) is 0 Å². The molecule has 1 aromatic heterocycles. The molecule has 0 aliphatic rings. The Bertz CT molecular complexity index is 329. The van der Waals surface area contributed by atoms with Crippen molar-refractivity contribution in [1.29, 1.82) is 0 Å². The Morgan fingerprint density at radius 2 is 2.08 bits per heavy atom. The Kier molecular flexibility index (Phi) is 2.46. The third kappa shape index (κ3) is 1.44. The second-order valence-electron chi connectivity index (χ2n) is 2.50. The lowest BCUT2D eigenvalue weighted by Gasteiger charge is -2.02. The van der Waals surface area contributed by atoms with Crippen molar-refractivity contribution in [3.05, 3.63) is 11.9 Å². The average molecular weight is 185 g/mol. The average Bonchev–Trinajstić information content (AvgIpc) is 2.41. The van der Waals surface area contributed by atoms with Crippen molar-refractivity contribution in [2.75, 3.05) is 14.2 Å². The molecular weight excluding hydrogens is 174 g/mol. The topological polar surface area (TPSA) is 60.7 Å². The monoisotopic (exact) mass is 185 g/mol. The van der Waals surface area contributed by atoms with Crippen LogP contribution >= 0.6 is 0 Å². The number of aromatic nitrogens is 1. The lowest BCUT2D eigenvalue weighted by atomic mass is 10.4. The van der Waals surface area contributed by atoms with Gasteiger partial charge in [0, 0.05) is 7.05 Å². The molecule has 1 heterocycles. The van der Waals surface area contributed by atoms with Gasteiger partial charge in [-0.15, -0.1) is 0 Å². The van der Waals surface area contributed by atoms with Gasteiger partial charge < -0.3 is 19.1 Å². The fourth-order valence-electron chi connectivity index (χ4n) is 1.17. The zero-order valence-corrected chi connectivity index (χ0v) is 7.70. The number of hydrogen-bond donors (Lipinski definition) is 1. The second-order valence-corrected chi connectivity index (χ2v) is 2.50. The third-order valence-corrected chi connectivity index (χ3v) is 1.73. The Labute approximate surface area is 75.5 Å². The summed E-state index contributed by atoms with van der Waals surface area (Å²) >= 11 is 0. The van der Waals surface area contributed by atoms with E-state index in [0.29, 0.717) is 5.75 Å². The van der Waals surface area contributed by atoms with Crippen LogP contribution in [-0.4, -0.2) is 29.9 Å². The van der Waals surface area contributed by atoms with Crippen molar-refractivity contribution >= 4 is 5.97 Å². The maximum atomic E-state index is 10.8. The molecule has 13 heavy (non-hydrogen) atoms. The summed E-state index contributed by atoms with van der Waals surface area (Å²) in [6.07, 6.45) is 1.56. The minimum absolute atomic E-state index is 0.0827. The summed E-state index contributed by atoms with van der Waals surface area (Å²) in [6, 6.07) is 0. The fourth-order valence-corrected chi connectivity index (χ4v) is 1.17. The van der Waals surface area contributed by atoms with E-state index in [0.717, 1.165) is 0 Å². The number of hydrogen-bond acceptors (Lipinski definition) is 3. The number of aromatic carboxylic acids is 1. The standard InChI is InChI=1S/C8H11NO4/c1-9-4-5(12-2)7(13-3)6(9)8(10)11/h4H,1-3H3,(H,10,11). The minimum atomic E-state index is -1.04. The number of nitrogens with zero attached hydrogens (tertiary/aromatic N) is 1. The normalized spacial score (nSPS) is 9.77. The molecule has 0 unspecified atom stereocenters. The molecule has 5 heteroatoms. The number of carboxylic acids is 1. The van der Waals surface area contributed by atoms with E-state index in [1.807, 2.05) is 0 Å². The number of rotatable bonds is 3. The minimum Gasteiger partial charge on any atom is -0.491 e. The highest BCUT2D eigenvalue weighted by atomic mass is 16.5. The van der Waals surface area contributed by atoms with Gasteiger partial charge in [-0.2, -0.15) is 0 Å².